The Morgan fingerprint density at radius 2 is 1.70 bits per heavy atom. The minimum atomic E-state index is -0.902. The number of nitrogens with one attached hydrogen (secondary N) is 3. The average molecular weight is 412 g/mol. The van der Waals surface area contributed by atoms with E-state index in [1.165, 1.54) is 13.3 Å². The molecule has 0 unspecified atom stereocenters. The second kappa shape index (κ2) is 12.7. The van der Waals surface area contributed by atoms with Crippen LogP contribution < -0.4 is 20.8 Å². The standard InChI is InChI=1S/C21H24N4O5/c1-29-12-11-22-20(27)21(28)25-24-14-17-9-5-6-10-18(17)30-15-19(26)23-13-16-7-3-2-4-8-16/h2-10,14H,11-13,15H2,1H3,(H,22,27)(H,23,26)(H,25,28)/b24-14-. The summed E-state index contributed by atoms with van der Waals surface area (Å²) in [4.78, 5) is 35.2. The van der Waals surface area contributed by atoms with Gasteiger partial charge in [-0.3, -0.25) is 14.4 Å². The molecule has 0 radical (unpaired) electrons. The number of hydrazone groups is 1. The molecule has 0 atom stereocenters. The molecule has 0 aromatic heterocycles. The second-order valence-electron chi connectivity index (χ2n) is 6.04. The third-order valence-corrected chi connectivity index (χ3v) is 3.78. The second-order valence-corrected chi connectivity index (χ2v) is 6.04. The van der Waals surface area contributed by atoms with Gasteiger partial charge < -0.3 is 20.1 Å². The maximum atomic E-state index is 12.0. The van der Waals surface area contributed by atoms with Gasteiger partial charge >= 0.3 is 11.8 Å². The normalized spacial score (nSPS) is 10.4. The van der Waals surface area contributed by atoms with Crippen LogP contribution in [0, 0.1) is 0 Å². The monoisotopic (exact) mass is 412 g/mol. The quantitative estimate of drug-likeness (QED) is 0.229. The predicted octanol–water partition coefficient (Wildman–Crippen LogP) is 0.595. The summed E-state index contributed by atoms with van der Waals surface area (Å²) in [5.41, 5.74) is 3.65. The predicted molar refractivity (Wildman–Crippen MR) is 111 cm³/mol. The number of carbonyl (C=O) groups is 3. The van der Waals surface area contributed by atoms with Gasteiger partial charge in [0.25, 0.3) is 5.91 Å². The lowest BCUT2D eigenvalue weighted by Crippen LogP contribution is -2.39. The minimum Gasteiger partial charge on any atom is -0.483 e. The van der Waals surface area contributed by atoms with E-state index < -0.39 is 11.8 Å². The van der Waals surface area contributed by atoms with E-state index in [9.17, 15) is 14.4 Å². The van der Waals surface area contributed by atoms with Crippen molar-refractivity contribution < 1.29 is 23.9 Å². The number of nitrogens with zero attached hydrogens (tertiary/aromatic N) is 1. The summed E-state index contributed by atoms with van der Waals surface area (Å²) in [5.74, 6) is -1.58. The summed E-state index contributed by atoms with van der Waals surface area (Å²) in [6.45, 7) is 0.748. The first-order valence-electron chi connectivity index (χ1n) is 9.22. The molecule has 0 bridgehead atoms. The minimum absolute atomic E-state index is 0.175. The van der Waals surface area contributed by atoms with E-state index in [1.54, 1.807) is 24.3 Å². The van der Waals surface area contributed by atoms with Crippen molar-refractivity contribution in [2.24, 2.45) is 5.10 Å². The number of benzene rings is 2. The highest BCUT2D eigenvalue weighted by Crippen LogP contribution is 2.15. The zero-order valence-corrected chi connectivity index (χ0v) is 16.6. The molecule has 0 spiro atoms. The molecule has 2 aromatic rings. The van der Waals surface area contributed by atoms with Crippen LogP contribution in [-0.2, 0) is 25.7 Å². The van der Waals surface area contributed by atoms with Crippen LogP contribution in [-0.4, -0.2) is 50.8 Å². The lowest BCUT2D eigenvalue weighted by Gasteiger charge is -2.09. The number of hydrogen-bond acceptors (Lipinski definition) is 6. The van der Waals surface area contributed by atoms with E-state index in [1.807, 2.05) is 30.3 Å². The van der Waals surface area contributed by atoms with Crippen molar-refractivity contribution in [2.45, 2.75) is 6.54 Å². The van der Waals surface area contributed by atoms with E-state index >= 15 is 0 Å². The van der Waals surface area contributed by atoms with Crippen molar-refractivity contribution in [2.75, 3.05) is 26.9 Å². The smallest absolute Gasteiger partial charge is 0.329 e. The first-order chi connectivity index (χ1) is 14.6. The molecule has 0 saturated heterocycles. The summed E-state index contributed by atoms with van der Waals surface area (Å²) < 4.78 is 10.3. The molecule has 158 valence electrons. The third kappa shape index (κ3) is 8.11. The van der Waals surface area contributed by atoms with Crippen molar-refractivity contribution >= 4 is 23.9 Å². The Balaban J connectivity index is 1.81. The van der Waals surface area contributed by atoms with E-state index in [0.717, 1.165) is 5.56 Å². The highest BCUT2D eigenvalue weighted by molar-refractivity contribution is 6.35. The molecule has 0 fully saturated rings. The number of rotatable bonds is 10. The average Bonchev–Trinajstić information content (AvgIpc) is 2.77. The fourth-order valence-electron chi connectivity index (χ4n) is 2.27. The summed E-state index contributed by atoms with van der Waals surface area (Å²) in [5, 5.41) is 8.91. The van der Waals surface area contributed by atoms with Crippen LogP contribution in [0.2, 0.25) is 0 Å². The molecule has 30 heavy (non-hydrogen) atoms. The van der Waals surface area contributed by atoms with Crippen LogP contribution in [0.1, 0.15) is 11.1 Å². The molecule has 0 aliphatic rings. The van der Waals surface area contributed by atoms with E-state index in [-0.39, 0.29) is 19.1 Å². The highest BCUT2D eigenvalue weighted by Gasteiger charge is 2.11. The van der Waals surface area contributed by atoms with Crippen LogP contribution in [0.25, 0.3) is 0 Å². The van der Waals surface area contributed by atoms with Gasteiger partial charge in [-0.15, -0.1) is 0 Å². The Labute approximate surface area is 174 Å². The first-order valence-corrected chi connectivity index (χ1v) is 9.22. The Morgan fingerprint density at radius 1 is 0.967 bits per heavy atom. The van der Waals surface area contributed by atoms with Crippen LogP contribution in [0.5, 0.6) is 5.75 Å². The molecule has 0 aliphatic heterocycles. The zero-order chi connectivity index (χ0) is 21.6. The summed E-state index contributed by atoms with van der Waals surface area (Å²) >= 11 is 0. The van der Waals surface area contributed by atoms with Crippen LogP contribution >= 0.6 is 0 Å². The third-order valence-electron chi connectivity index (χ3n) is 3.78. The van der Waals surface area contributed by atoms with Gasteiger partial charge in [0.2, 0.25) is 0 Å². The molecule has 2 rings (SSSR count). The van der Waals surface area contributed by atoms with Gasteiger partial charge in [-0.25, -0.2) is 5.43 Å². The van der Waals surface area contributed by atoms with Gasteiger partial charge in [0.1, 0.15) is 5.75 Å². The van der Waals surface area contributed by atoms with Crippen molar-refractivity contribution in [3.8, 4) is 5.75 Å². The molecule has 9 nitrogen and oxygen atoms in total. The Hall–Kier alpha value is -3.72. The molecule has 0 heterocycles. The maximum absolute atomic E-state index is 12.0. The topological polar surface area (TPSA) is 118 Å². The lowest BCUT2D eigenvalue weighted by atomic mass is 10.2. The van der Waals surface area contributed by atoms with Crippen LogP contribution in [0.15, 0.2) is 59.7 Å². The molecule has 9 heteroatoms. The van der Waals surface area contributed by atoms with Crippen molar-refractivity contribution in [1.29, 1.82) is 0 Å². The fraction of sp³-hybridized carbons (Fsp3) is 0.238. The van der Waals surface area contributed by atoms with E-state index in [4.69, 9.17) is 9.47 Å². The Bertz CT molecular complexity index is 871. The molecule has 3 N–H and O–H groups in total. The number of ether oxygens (including phenoxy) is 2. The molecule has 2 aromatic carbocycles. The summed E-state index contributed by atoms with van der Waals surface area (Å²) in [6, 6.07) is 16.4. The van der Waals surface area contributed by atoms with Gasteiger partial charge in [-0.1, -0.05) is 42.5 Å². The van der Waals surface area contributed by atoms with Crippen molar-refractivity contribution in [3.63, 3.8) is 0 Å². The number of carbonyl (C=O) groups excluding carboxylic acids is 3. The molecular weight excluding hydrogens is 388 g/mol. The van der Waals surface area contributed by atoms with Gasteiger partial charge in [-0.2, -0.15) is 5.10 Å². The Morgan fingerprint density at radius 3 is 2.47 bits per heavy atom. The maximum Gasteiger partial charge on any atom is 0.329 e. The molecule has 0 saturated carbocycles. The van der Waals surface area contributed by atoms with Gasteiger partial charge in [0.15, 0.2) is 6.61 Å². The van der Waals surface area contributed by atoms with E-state index in [2.05, 4.69) is 21.2 Å². The van der Waals surface area contributed by atoms with Gasteiger partial charge in [-0.05, 0) is 17.7 Å². The number of amides is 3. The van der Waals surface area contributed by atoms with E-state index in [0.29, 0.717) is 24.5 Å². The largest absolute Gasteiger partial charge is 0.483 e. The lowest BCUT2D eigenvalue weighted by molar-refractivity contribution is -0.139. The van der Waals surface area contributed by atoms with Crippen molar-refractivity contribution in [3.05, 3.63) is 65.7 Å². The van der Waals surface area contributed by atoms with Crippen LogP contribution in [0.4, 0.5) is 0 Å². The number of methoxy groups -OCH3 is 1. The highest BCUT2D eigenvalue weighted by atomic mass is 16.5. The van der Waals surface area contributed by atoms with Crippen molar-refractivity contribution in [1.82, 2.24) is 16.1 Å². The number of para-hydroxylation sites is 1. The molecule has 3 amide bonds. The van der Waals surface area contributed by atoms with Gasteiger partial charge in [0.05, 0.1) is 12.8 Å². The first kappa shape index (κ1) is 22.6. The summed E-state index contributed by atoms with van der Waals surface area (Å²) in [7, 11) is 1.49. The van der Waals surface area contributed by atoms with Gasteiger partial charge in [0, 0.05) is 25.8 Å². The Kier molecular flexibility index (Phi) is 9.54. The fourth-order valence-corrected chi connectivity index (χ4v) is 2.27. The SMILES string of the molecule is COCCNC(=O)C(=O)N/N=C\c1ccccc1OCC(=O)NCc1ccccc1. The van der Waals surface area contributed by atoms with Crippen LogP contribution in [0.3, 0.4) is 0 Å². The molecule has 0 aliphatic carbocycles. The zero-order valence-electron chi connectivity index (χ0n) is 16.6. The molecular formula is C21H24N4O5. The number of hydrogen-bond donors (Lipinski definition) is 3. The summed E-state index contributed by atoms with van der Waals surface area (Å²) in [6.07, 6.45) is 1.33.